The van der Waals surface area contributed by atoms with Gasteiger partial charge in [0.05, 0.1) is 0 Å². The molecule has 0 aromatic heterocycles. The van der Waals surface area contributed by atoms with E-state index < -0.39 is 5.97 Å². The Kier molecular flexibility index (Phi) is 6.30. The van der Waals surface area contributed by atoms with Crippen molar-refractivity contribution in [1.82, 2.24) is 9.80 Å². The number of aliphatic carboxylic acids is 1. The average molecular weight is 282 g/mol. The van der Waals surface area contributed by atoms with E-state index in [4.69, 9.17) is 0 Å². The van der Waals surface area contributed by atoms with Gasteiger partial charge < -0.3 is 10.0 Å². The molecule has 4 heteroatoms. The minimum absolute atomic E-state index is 0.250. The van der Waals surface area contributed by atoms with Crippen molar-refractivity contribution in [3.8, 4) is 0 Å². The van der Waals surface area contributed by atoms with Crippen molar-refractivity contribution in [2.24, 2.45) is 5.92 Å². The van der Waals surface area contributed by atoms with E-state index in [9.17, 15) is 9.90 Å². The number of carboxylic acids is 1. The third-order valence-electron chi connectivity index (χ3n) is 4.99. The maximum absolute atomic E-state index is 11.3. The first-order chi connectivity index (χ1) is 9.70. The van der Waals surface area contributed by atoms with Gasteiger partial charge in [0.2, 0.25) is 0 Å². The molecule has 2 saturated heterocycles. The summed E-state index contributed by atoms with van der Waals surface area (Å²) in [7, 11) is 0. The van der Waals surface area contributed by atoms with E-state index >= 15 is 0 Å². The molecule has 2 heterocycles. The number of rotatable bonds is 7. The van der Waals surface area contributed by atoms with Crippen LogP contribution in [0.25, 0.3) is 0 Å². The van der Waals surface area contributed by atoms with Crippen LogP contribution in [0.2, 0.25) is 0 Å². The van der Waals surface area contributed by atoms with Crippen LogP contribution in [0.3, 0.4) is 0 Å². The zero-order valence-corrected chi connectivity index (χ0v) is 12.9. The quantitative estimate of drug-likeness (QED) is 0.779. The highest BCUT2D eigenvalue weighted by Crippen LogP contribution is 2.24. The monoisotopic (exact) mass is 282 g/mol. The van der Waals surface area contributed by atoms with E-state index in [-0.39, 0.29) is 6.04 Å². The van der Waals surface area contributed by atoms with Crippen molar-refractivity contribution in [2.75, 3.05) is 32.7 Å². The maximum Gasteiger partial charge on any atom is 0.320 e. The van der Waals surface area contributed by atoms with E-state index in [1.54, 1.807) is 0 Å². The molecular formula is C16H30N2O2. The summed E-state index contributed by atoms with van der Waals surface area (Å²) in [5.74, 6) is 0.172. The molecule has 1 atom stereocenters. The molecule has 1 unspecified atom stereocenters. The van der Waals surface area contributed by atoms with Gasteiger partial charge in [-0.1, -0.05) is 13.3 Å². The van der Waals surface area contributed by atoms with Gasteiger partial charge in [-0.05, 0) is 77.2 Å². The predicted molar refractivity (Wildman–Crippen MR) is 80.9 cm³/mol. The molecule has 2 rings (SSSR count). The van der Waals surface area contributed by atoms with Crippen LogP contribution in [-0.2, 0) is 4.79 Å². The van der Waals surface area contributed by atoms with Gasteiger partial charge in [0.25, 0.3) is 0 Å². The summed E-state index contributed by atoms with van der Waals surface area (Å²) in [4.78, 5) is 16.1. The Bertz CT molecular complexity index is 295. The normalized spacial score (nSPS) is 24.1. The molecule has 2 fully saturated rings. The SMILES string of the molecule is CCCC(C(=O)O)N1CCC(CCN2CCCC2)CC1. The highest BCUT2D eigenvalue weighted by molar-refractivity contribution is 5.73. The summed E-state index contributed by atoms with van der Waals surface area (Å²) < 4.78 is 0. The van der Waals surface area contributed by atoms with Crippen LogP contribution in [0.4, 0.5) is 0 Å². The van der Waals surface area contributed by atoms with Gasteiger partial charge in [-0.2, -0.15) is 0 Å². The van der Waals surface area contributed by atoms with Crippen LogP contribution in [0.5, 0.6) is 0 Å². The van der Waals surface area contributed by atoms with Gasteiger partial charge in [-0.25, -0.2) is 0 Å². The van der Waals surface area contributed by atoms with Gasteiger partial charge >= 0.3 is 5.97 Å². The molecule has 4 nitrogen and oxygen atoms in total. The predicted octanol–water partition coefficient (Wildman–Crippen LogP) is 2.44. The zero-order chi connectivity index (χ0) is 14.4. The molecule has 0 amide bonds. The molecule has 2 aliphatic rings. The van der Waals surface area contributed by atoms with Crippen LogP contribution in [0.1, 0.15) is 51.9 Å². The molecule has 1 N–H and O–H groups in total. The number of nitrogens with zero attached hydrogens (tertiary/aromatic N) is 2. The summed E-state index contributed by atoms with van der Waals surface area (Å²) in [5.41, 5.74) is 0. The van der Waals surface area contributed by atoms with Crippen LogP contribution >= 0.6 is 0 Å². The lowest BCUT2D eigenvalue weighted by atomic mass is 9.92. The summed E-state index contributed by atoms with van der Waals surface area (Å²) in [6.07, 6.45) is 8.15. The Labute approximate surface area is 123 Å². The van der Waals surface area contributed by atoms with Gasteiger partial charge in [0.15, 0.2) is 0 Å². The Hall–Kier alpha value is -0.610. The molecule has 0 spiro atoms. The average Bonchev–Trinajstić information content (AvgIpc) is 2.96. The highest BCUT2D eigenvalue weighted by Gasteiger charge is 2.29. The van der Waals surface area contributed by atoms with Gasteiger partial charge in [-0.15, -0.1) is 0 Å². The standard InChI is InChI=1S/C16H30N2O2/c1-2-5-15(16(19)20)18-12-7-14(8-13-18)6-11-17-9-3-4-10-17/h14-15H,2-13H2,1H3,(H,19,20). The second-order valence-electron chi connectivity index (χ2n) is 6.46. The molecule has 0 aliphatic carbocycles. The Morgan fingerprint density at radius 1 is 1.20 bits per heavy atom. The van der Waals surface area contributed by atoms with Crippen LogP contribution < -0.4 is 0 Å². The minimum atomic E-state index is -0.637. The molecule has 0 aromatic carbocycles. The number of piperidine rings is 1. The maximum atomic E-state index is 11.3. The fourth-order valence-electron chi connectivity index (χ4n) is 3.66. The number of hydrogen-bond acceptors (Lipinski definition) is 3. The molecule has 116 valence electrons. The van der Waals surface area contributed by atoms with E-state index in [0.717, 1.165) is 31.8 Å². The fourth-order valence-corrected chi connectivity index (χ4v) is 3.66. The van der Waals surface area contributed by atoms with Crippen LogP contribution in [0, 0.1) is 5.92 Å². The summed E-state index contributed by atoms with van der Waals surface area (Å²) in [6, 6.07) is -0.250. The third-order valence-corrected chi connectivity index (χ3v) is 4.99. The van der Waals surface area contributed by atoms with Gasteiger partial charge in [0.1, 0.15) is 6.04 Å². The molecule has 0 saturated carbocycles. The van der Waals surface area contributed by atoms with E-state index in [2.05, 4.69) is 16.7 Å². The fraction of sp³-hybridized carbons (Fsp3) is 0.938. The van der Waals surface area contributed by atoms with Crippen molar-refractivity contribution < 1.29 is 9.90 Å². The number of carboxylic acid groups (broad SMARTS) is 1. The largest absolute Gasteiger partial charge is 0.480 e. The van der Waals surface area contributed by atoms with Gasteiger partial charge in [0, 0.05) is 0 Å². The second-order valence-corrected chi connectivity index (χ2v) is 6.46. The number of carbonyl (C=O) groups is 1. The van der Waals surface area contributed by atoms with Crippen molar-refractivity contribution >= 4 is 5.97 Å². The van der Waals surface area contributed by atoms with Crippen LogP contribution in [-0.4, -0.2) is 59.6 Å². The third kappa shape index (κ3) is 4.45. The Morgan fingerprint density at radius 2 is 1.85 bits per heavy atom. The molecule has 2 aliphatic heterocycles. The zero-order valence-electron chi connectivity index (χ0n) is 12.9. The summed E-state index contributed by atoms with van der Waals surface area (Å²) in [6.45, 7) is 7.84. The molecule has 0 radical (unpaired) electrons. The van der Waals surface area contributed by atoms with Crippen LogP contribution in [0.15, 0.2) is 0 Å². The lowest BCUT2D eigenvalue weighted by Gasteiger charge is -2.36. The molecule has 0 bridgehead atoms. The number of hydrogen-bond donors (Lipinski definition) is 1. The summed E-state index contributed by atoms with van der Waals surface area (Å²) >= 11 is 0. The Balaban J connectivity index is 1.69. The van der Waals surface area contributed by atoms with Gasteiger partial charge in [-0.3, -0.25) is 9.69 Å². The smallest absolute Gasteiger partial charge is 0.320 e. The molecule has 0 aromatic rings. The highest BCUT2D eigenvalue weighted by atomic mass is 16.4. The molecular weight excluding hydrogens is 252 g/mol. The van der Waals surface area contributed by atoms with Crippen molar-refractivity contribution in [1.29, 1.82) is 0 Å². The van der Waals surface area contributed by atoms with Crippen molar-refractivity contribution in [3.05, 3.63) is 0 Å². The lowest BCUT2D eigenvalue weighted by Crippen LogP contribution is -2.45. The first-order valence-electron chi connectivity index (χ1n) is 8.40. The van der Waals surface area contributed by atoms with Crippen molar-refractivity contribution in [3.63, 3.8) is 0 Å². The topological polar surface area (TPSA) is 43.8 Å². The Morgan fingerprint density at radius 3 is 2.40 bits per heavy atom. The minimum Gasteiger partial charge on any atom is -0.480 e. The lowest BCUT2D eigenvalue weighted by molar-refractivity contribution is -0.144. The van der Waals surface area contributed by atoms with Crippen molar-refractivity contribution in [2.45, 2.75) is 57.9 Å². The summed E-state index contributed by atoms with van der Waals surface area (Å²) in [5, 5.41) is 9.32. The first kappa shape index (κ1) is 15.8. The molecule has 20 heavy (non-hydrogen) atoms. The first-order valence-corrected chi connectivity index (χ1v) is 8.40. The number of likely N-dealkylation sites (tertiary alicyclic amines) is 2. The van der Waals surface area contributed by atoms with E-state index in [1.807, 2.05) is 0 Å². The second kappa shape index (κ2) is 7.99. The van der Waals surface area contributed by atoms with E-state index in [1.165, 1.54) is 51.7 Å². The van der Waals surface area contributed by atoms with E-state index in [0.29, 0.717) is 0 Å².